The van der Waals surface area contributed by atoms with Crippen LogP contribution in [0.4, 0.5) is 0 Å². The molecule has 0 saturated carbocycles. The highest BCUT2D eigenvalue weighted by Crippen LogP contribution is 2.18. The van der Waals surface area contributed by atoms with Crippen molar-refractivity contribution in [3.05, 3.63) is 0 Å². The van der Waals surface area contributed by atoms with Crippen LogP contribution in [0.1, 0.15) is 39.0 Å². The van der Waals surface area contributed by atoms with Crippen LogP contribution in [0.5, 0.6) is 0 Å². The second-order valence-corrected chi connectivity index (χ2v) is 7.79. The highest BCUT2D eigenvalue weighted by Gasteiger charge is 2.30. The molecule has 0 aromatic carbocycles. The lowest BCUT2D eigenvalue weighted by molar-refractivity contribution is -0.136. The minimum atomic E-state index is -0.0991. The lowest BCUT2D eigenvalue weighted by Crippen LogP contribution is -2.58. The molecule has 3 aliphatic heterocycles. The predicted molar refractivity (Wildman–Crippen MR) is 104 cm³/mol. The molecule has 0 bridgehead atoms. The van der Waals surface area contributed by atoms with Gasteiger partial charge in [-0.1, -0.05) is 6.42 Å². The largest absolute Gasteiger partial charge is 0.339 e. The van der Waals surface area contributed by atoms with Crippen LogP contribution in [0, 0.1) is 0 Å². The van der Waals surface area contributed by atoms with E-state index >= 15 is 0 Å². The maximum absolute atomic E-state index is 12.7. The monoisotopic (exact) mass is 373 g/mol. The summed E-state index contributed by atoms with van der Waals surface area (Å²) in [6.45, 7) is 10.4. The molecule has 0 radical (unpaired) electrons. The number of hydrogen-bond acceptors (Lipinski definition) is 5. The van der Waals surface area contributed by atoms with Crippen LogP contribution in [-0.4, -0.2) is 97.1 Å². The normalized spacial score (nSPS) is 26.2. The van der Waals surface area contributed by atoms with Crippen molar-refractivity contribution in [3.8, 4) is 0 Å². The van der Waals surface area contributed by atoms with Crippen LogP contribution in [0.2, 0.25) is 0 Å². The summed E-state index contributed by atoms with van der Waals surface area (Å²) in [7, 11) is 2.21. The molecule has 25 heavy (non-hydrogen) atoms. The Bertz CT molecular complexity index is 402. The van der Waals surface area contributed by atoms with Gasteiger partial charge in [0.15, 0.2) is 0 Å². The Hall–Kier alpha value is -0.400. The predicted octanol–water partition coefficient (Wildman–Crippen LogP) is 1.03. The average molecular weight is 374 g/mol. The van der Waals surface area contributed by atoms with Crippen molar-refractivity contribution >= 4 is 18.3 Å². The van der Waals surface area contributed by atoms with Gasteiger partial charge in [-0.25, -0.2) is 10.4 Å². The van der Waals surface area contributed by atoms with Gasteiger partial charge in [-0.15, -0.1) is 12.4 Å². The summed E-state index contributed by atoms with van der Waals surface area (Å²) >= 11 is 0. The first kappa shape index (κ1) is 20.9. The molecular weight excluding hydrogens is 338 g/mol. The quantitative estimate of drug-likeness (QED) is 0.797. The summed E-state index contributed by atoms with van der Waals surface area (Å²) in [5.41, 5.74) is 3.42. The first-order chi connectivity index (χ1) is 11.6. The molecule has 3 saturated heterocycles. The van der Waals surface area contributed by atoms with Gasteiger partial charge in [0.2, 0.25) is 5.91 Å². The van der Waals surface area contributed by atoms with Crippen LogP contribution in [-0.2, 0) is 4.79 Å². The van der Waals surface area contributed by atoms with Gasteiger partial charge < -0.3 is 9.80 Å². The Morgan fingerprint density at radius 3 is 2.12 bits per heavy atom. The standard InChI is InChI=1S/C18H35N5O.ClH/c1-16(19-23-8-4-3-5-9-23)18(24)22-14-12-21(13-15-22)17-6-10-20(2)11-7-17;/h16-17,19H,3-15H2,1-2H3;1H/t16-;/m1./s1. The summed E-state index contributed by atoms with van der Waals surface area (Å²) in [6, 6.07) is 0.625. The Morgan fingerprint density at radius 1 is 0.920 bits per heavy atom. The minimum Gasteiger partial charge on any atom is -0.339 e. The first-order valence-electron chi connectivity index (χ1n) is 9.86. The highest BCUT2D eigenvalue weighted by molar-refractivity contribution is 5.85. The molecule has 3 fully saturated rings. The molecule has 7 heteroatoms. The van der Waals surface area contributed by atoms with Crippen molar-refractivity contribution in [2.24, 2.45) is 0 Å². The molecule has 3 heterocycles. The van der Waals surface area contributed by atoms with Crippen molar-refractivity contribution in [2.75, 3.05) is 59.4 Å². The summed E-state index contributed by atoms with van der Waals surface area (Å²) in [6.07, 6.45) is 6.35. The van der Waals surface area contributed by atoms with Gasteiger partial charge in [-0.3, -0.25) is 9.69 Å². The lowest BCUT2D eigenvalue weighted by Gasteiger charge is -2.43. The number of amides is 1. The lowest BCUT2D eigenvalue weighted by atomic mass is 10.0. The number of hydrogen-bond donors (Lipinski definition) is 1. The van der Waals surface area contributed by atoms with E-state index in [0.717, 1.165) is 45.3 Å². The maximum atomic E-state index is 12.7. The zero-order chi connectivity index (χ0) is 16.9. The van der Waals surface area contributed by atoms with E-state index in [0.29, 0.717) is 0 Å². The van der Waals surface area contributed by atoms with Crippen molar-refractivity contribution in [1.82, 2.24) is 25.1 Å². The second kappa shape index (κ2) is 10.1. The van der Waals surface area contributed by atoms with Crippen LogP contribution in [0.15, 0.2) is 0 Å². The molecule has 0 spiro atoms. The third-order valence-electron chi connectivity index (χ3n) is 5.93. The summed E-state index contributed by atoms with van der Waals surface area (Å²) < 4.78 is 0. The molecule has 3 aliphatic rings. The molecule has 0 aromatic heterocycles. The number of nitrogens with zero attached hydrogens (tertiary/aromatic N) is 4. The highest BCUT2D eigenvalue weighted by atomic mass is 35.5. The molecule has 1 atom stereocenters. The van der Waals surface area contributed by atoms with E-state index < -0.39 is 0 Å². The van der Waals surface area contributed by atoms with Gasteiger partial charge in [-0.2, -0.15) is 0 Å². The molecule has 6 nitrogen and oxygen atoms in total. The number of piperidine rings is 2. The van der Waals surface area contributed by atoms with Gasteiger partial charge in [0.1, 0.15) is 0 Å². The number of nitrogens with one attached hydrogen (secondary N) is 1. The third kappa shape index (κ3) is 5.79. The molecule has 0 aromatic rings. The number of rotatable bonds is 4. The fraction of sp³-hybridized carbons (Fsp3) is 0.944. The molecular formula is C18H36ClN5O. The zero-order valence-corrected chi connectivity index (χ0v) is 16.8. The van der Waals surface area contributed by atoms with E-state index in [4.69, 9.17) is 0 Å². The van der Waals surface area contributed by atoms with Crippen LogP contribution < -0.4 is 5.43 Å². The van der Waals surface area contributed by atoms with E-state index in [2.05, 4.69) is 32.2 Å². The molecule has 1 amide bonds. The SMILES string of the molecule is C[C@@H](NN1CCCCC1)C(=O)N1CCN(C2CCN(C)CC2)CC1.Cl. The van der Waals surface area contributed by atoms with E-state index in [1.165, 1.54) is 45.2 Å². The smallest absolute Gasteiger partial charge is 0.240 e. The average Bonchev–Trinajstić information content (AvgIpc) is 2.63. The van der Waals surface area contributed by atoms with Crippen molar-refractivity contribution < 1.29 is 4.79 Å². The maximum Gasteiger partial charge on any atom is 0.240 e. The summed E-state index contributed by atoms with van der Waals surface area (Å²) in [4.78, 5) is 19.8. The summed E-state index contributed by atoms with van der Waals surface area (Å²) in [5.74, 6) is 0.267. The third-order valence-corrected chi connectivity index (χ3v) is 5.93. The number of carbonyl (C=O) groups excluding carboxylic acids is 1. The number of halogens is 1. The molecule has 146 valence electrons. The van der Waals surface area contributed by atoms with E-state index in [1.54, 1.807) is 0 Å². The molecule has 0 aliphatic carbocycles. The first-order valence-corrected chi connectivity index (χ1v) is 9.86. The van der Waals surface area contributed by atoms with Crippen molar-refractivity contribution in [3.63, 3.8) is 0 Å². The van der Waals surface area contributed by atoms with Crippen LogP contribution in [0.25, 0.3) is 0 Å². The number of hydrazine groups is 1. The Kier molecular flexibility index (Phi) is 8.42. The Morgan fingerprint density at radius 2 is 1.52 bits per heavy atom. The summed E-state index contributed by atoms with van der Waals surface area (Å²) in [5, 5.41) is 2.24. The van der Waals surface area contributed by atoms with Gasteiger partial charge in [0, 0.05) is 45.3 Å². The second-order valence-electron chi connectivity index (χ2n) is 7.79. The van der Waals surface area contributed by atoms with Gasteiger partial charge >= 0.3 is 0 Å². The Labute approximate surface area is 159 Å². The molecule has 3 rings (SSSR count). The van der Waals surface area contributed by atoms with E-state index in [1.807, 2.05) is 6.92 Å². The zero-order valence-electron chi connectivity index (χ0n) is 16.0. The molecule has 0 unspecified atom stereocenters. The number of piperazine rings is 1. The van der Waals surface area contributed by atoms with Crippen LogP contribution in [0.3, 0.4) is 0 Å². The number of carbonyl (C=O) groups is 1. The van der Waals surface area contributed by atoms with E-state index in [-0.39, 0.29) is 24.4 Å². The van der Waals surface area contributed by atoms with Gasteiger partial charge in [-0.05, 0) is 52.7 Å². The minimum absolute atomic E-state index is 0. The van der Waals surface area contributed by atoms with Crippen molar-refractivity contribution in [2.45, 2.75) is 51.1 Å². The van der Waals surface area contributed by atoms with Gasteiger partial charge in [0.25, 0.3) is 0 Å². The van der Waals surface area contributed by atoms with Crippen LogP contribution >= 0.6 is 12.4 Å². The molecule has 1 N–H and O–H groups in total. The fourth-order valence-electron chi connectivity index (χ4n) is 4.29. The Balaban J connectivity index is 0.00000225. The fourth-order valence-corrected chi connectivity index (χ4v) is 4.29. The van der Waals surface area contributed by atoms with Crippen molar-refractivity contribution in [1.29, 1.82) is 0 Å². The van der Waals surface area contributed by atoms with Gasteiger partial charge in [0.05, 0.1) is 6.04 Å². The number of likely N-dealkylation sites (tertiary alicyclic amines) is 1. The topological polar surface area (TPSA) is 42.1 Å². The van der Waals surface area contributed by atoms with E-state index in [9.17, 15) is 4.79 Å².